The summed E-state index contributed by atoms with van der Waals surface area (Å²) in [6.45, 7) is 0. The molecule has 0 aliphatic carbocycles. The molecular formula is C21H17F2N5O4S. The minimum absolute atomic E-state index is 0.126. The van der Waals surface area contributed by atoms with Crippen LogP contribution in [0, 0.1) is 11.6 Å². The highest BCUT2D eigenvalue weighted by molar-refractivity contribution is 7.91. The van der Waals surface area contributed by atoms with Gasteiger partial charge in [0.2, 0.25) is 15.9 Å². The first-order valence-electron chi connectivity index (χ1n) is 9.49. The van der Waals surface area contributed by atoms with Gasteiger partial charge in [-0.25, -0.2) is 22.2 Å². The molecule has 4 rings (SSSR count). The summed E-state index contributed by atoms with van der Waals surface area (Å²) in [5, 5.41) is 9.31. The number of aromatic amines is 1. The first kappa shape index (κ1) is 22.1. The highest BCUT2D eigenvalue weighted by Crippen LogP contribution is 2.26. The summed E-state index contributed by atoms with van der Waals surface area (Å²) in [6.07, 6.45) is 1.26. The number of ether oxygens (including phenoxy) is 1. The van der Waals surface area contributed by atoms with Crippen LogP contribution in [0.5, 0.6) is 5.88 Å². The van der Waals surface area contributed by atoms with E-state index < -0.39 is 44.6 Å². The number of H-pyrrole nitrogens is 1. The van der Waals surface area contributed by atoms with E-state index in [4.69, 9.17) is 4.74 Å². The number of methoxy groups -OCH3 is 1. The van der Waals surface area contributed by atoms with Gasteiger partial charge in [-0.2, -0.15) is 0 Å². The molecule has 2 aromatic heterocycles. The van der Waals surface area contributed by atoms with Crippen molar-refractivity contribution in [2.75, 3.05) is 17.1 Å². The summed E-state index contributed by atoms with van der Waals surface area (Å²) in [4.78, 5) is 16.7. The minimum Gasteiger partial charge on any atom is -0.479 e. The van der Waals surface area contributed by atoms with Crippen molar-refractivity contribution in [1.82, 2.24) is 15.2 Å². The molecule has 0 saturated heterocycles. The van der Waals surface area contributed by atoms with E-state index in [1.165, 1.54) is 19.4 Å². The van der Waals surface area contributed by atoms with Crippen LogP contribution in [-0.2, 0) is 15.8 Å². The molecule has 1 amide bonds. The Hall–Kier alpha value is -4.06. The van der Waals surface area contributed by atoms with Crippen LogP contribution < -0.4 is 14.8 Å². The molecule has 3 N–H and O–H groups in total. The Balaban J connectivity index is 1.59. The number of pyridine rings is 1. The molecule has 0 radical (unpaired) electrons. The number of nitrogens with zero attached hydrogens (tertiary/aromatic N) is 2. The Morgan fingerprint density at radius 3 is 2.64 bits per heavy atom. The number of carbonyl (C=O) groups excluding carboxylic acids is 1. The number of halogens is 2. The maximum atomic E-state index is 15.0. The van der Waals surface area contributed by atoms with Gasteiger partial charge in [0.05, 0.1) is 35.8 Å². The number of nitrogens with one attached hydrogen (secondary N) is 3. The molecule has 2 heterocycles. The van der Waals surface area contributed by atoms with E-state index >= 15 is 0 Å². The van der Waals surface area contributed by atoms with Gasteiger partial charge in [-0.1, -0.05) is 30.3 Å². The largest absolute Gasteiger partial charge is 0.479 e. The van der Waals surface area contributed by atoms with Gasteiger partial charge in [-0.3, -0.25) is 14.6 Å². The highest BCUT2D eigenvalue weighted by Gasteiger charge is 2.24. The standard InChI is InChI=1S/C21H17F2N5O4S/c1-32-21-14-9-13(10-24-19(14)26-27-21)25-20(29)17-15(22)7-8-16(18(17)23)28-33(30,31)11-12-5-3-2-4-6-12/h2-10,28H,11H2,1H3,(H,25,29)(H,24,26,27). The van der Waals surface area contributed by atoms with Crippen LogP contribution in [0.1, 0.15) is 15.9 Å². The molecule has 0 atom stereocenters. The fourth-order valence-corrected chi connectivity index (χ4v) is 4.33. The lowest BCUT2D eigenvalue weighted by atomic mass is 10.1. The number of carbonyl (C=O) groups is 1. The number of aromatic nitrogens is 3. The Labute approximate surface area is 186 Å². The SMILES string of the molecule is COc1n[nH]c2ncc(NC(=O)c3c(F)ccc(NS(=O)(=O)Cc4ccccc4)c3F)cc12. The second-order valence-corrected chi connectivity index (χ2v) is 8.66. The van der Waals surface area contributed by atoms with Crippen molar-refractivity contribution in [2.45, 2.75) is 5.75 Å². The summed E-state index contributed by atoms with van der Waals surface area (Å²) < 4.78 is 61.4. The van der Waals surface area contributed by atoms with E-state index in [0.29, 0.717) is 16.6 Å². The summed E-state index contributed by atoms with van der Waals surface area (Å²) in [5.74, 6) is -3.84. The number of sulfonamides is 1. The number of fused-ring (bicyclic) bond motifs is 1. The summed E-state index contributed by atoms with van der Waals surface area (Å²) in [5.41, 5.74) is -0.516. The maximum Gasteiger partial charge on any atom is 0.261 e. The molecule has 0 fully saturated rings. The van der Waals surface area contributed by atoms with Gasteiger partial charge < -0.3 is 10.1 Å². The molecule has 0 unspecified atom stereocenters. The van der Waals surface area contributed by atoms with Gasteiger partial charge in [0, 0.05) is 0 Å². The zero-order chi connectivity index (χ0) is 23.6. The topological polar surface area (TPSA) is 126 Å². The van der Waals surface area contributed by atoms with Crippen molar-refractivity contribution < 1.29 is 26.7 Å². The number of hydrogen-bond donors (Lipinski definition) is 3. The average Bonchev–Trinajstić information content (AvgIpc) is 3.18. The van der Waals surface area contributed by atoms with Crippen LogP contribution in [0.25, 0.3) is 11.0 Å². The Bertz CT molecular complexity index is 1440. The Morgan fingerprint density at radius 2 is 1.91 bits per heavy atom. The minimum atomic E-state index is -4.03. The smallest absolute Gasteiger partial charge is 0.261 e. The molecule has 12 heteroatoms. The summed E-state index contributed by atoms with van der Waals surface area (Å²) in [7, 11) is -2.63. The van der Waals surface area contributed by atoms with Gasteiger partial charge in [0.15, 0.2) is 11.5 Å². The summed E-state index contributed by atoms with van der Waals surface area (Å²) in [6, 6.07) is 11.4. The number of hydrogen-bond acceptors (Lipinski definition) is 6. The van der Waals surface area contributed by atoms with Crippen LogP contribution >= 0.6 is 0 Å². The quantitative estimate of drug-likeness (QED) is 0.378. The number of anilines is 2. The second-order valence-electron chi connectivity index (χ2n) is 6.94. The van der Waals surface area contributed by atoms with Gasteiger partial charge in [0.1, 0.15) is 11.4 Å². The van der Waals surface area contributed by atoms with Gasteiger partial charge in [-0.15, -0.1) is 5.10 Å². The zero-order valence-electron chi connectivity index (χ0n) is 17.1. The number of rotatable bonds is 7. The highest BCUT2D eigenvalue weighted by atomic mass is 32.2. The lowest BCUT2D eigenvalue weighted by Crippen LogP contribution is -2.20. The first-order chi connectivity index (χ1) is 15.8. The third kappa shape index (κ3) is 4.75. The van der Waals surface area contributed by atoms with E-state index in [1.54, 1.807) is 30.3 Å². The van der Waals surface area contributed by atoms with Gasteiger partial charge in [-0.05, 0) is 23.8 Å². The van der Waals surface area contributed by atoms with Crippen LogP contribution in [-0.4, -0.2) is 36.6 Å². The van der Waals surface area contributed by atoms with Gasteiger partial charge in [0.25, 0.3) is 5.91 Å². The number of amides is 1. The Morgan fingerprint density at radius 1 is 1.15 bits per heavy atom. The predicted octanol–water partition coefficient (Wildman–Crippen LogP) is 3.44. The molecule has 4 aromatic rings. The van der Waals surface area contributed by atoms with Crippen molar-refractivity contribution in [3.63, 3.8) is 0 Å². The molecule has 9 nitrogen and oxygen atoms in total. The lowest BCUT2D eigenvalue weighted by Gasteiger charge is -2.12. The monoisotopic (exact) mass is 473 g/mol. The molecule has 0 bridgehead atoms. The molecule has 0 saturated carbocycles. The van der Waals surface area contributed by atoms with Crippen LogP contribution in [0.3, 0.4) is 0 Å². The zero-order valence-corrected chi connectivity index (χ0v) is 17.9. The molecule has 33 heavy (non-hydrogen) atoms. The molecule has 0 spiro atoms. The number of benzene rings is 2. The average molecular weight is 473 g/mol. The summed E-state index contributed by atoms with van der Waals surface area (Å²) >= 11 is 0. The van der Waals surface area contributed by atoms with E-state index in [1.807, 2.05) is 0 Å². The van der Waals surface area contributed by atoms with E-state index in [-0.39, 0.29) is 11.6 Å². The molecular weight excluding hydrogens is 456 g/mol. The van der Waals surface area contributed by atoms with Crippen LogP contribution in [0.4, 0.5) is 20.2 Å². The van der Waals surface area contributed by atoms with Crippen LogP contribution in [0.15, 0.2) is 54.7 Å². The molecule has 2 aromatic carbocycles. The van der Waals surface area contributed by atoms with Crippen molar-refractivity contribution in [1.29, 1.82) is 0 Å². The second kappa shape index (κ2) is 8.82. The normalized spacial score (nSPS) is 11.4. The third-order valence-corrected chi connectivity index (χ3v) is 5.86. The van der Waals surface area contributed by atoms with Crippen molar-refractivity contribution >= 4 is 38.3 Å². The van der Waals surface area contributed by atoms with E-state index in [9.17, 15) is 22.0 Å². The van der Waals surface area contributed by atoms with Crippen molar-refractivity contribution in [3.05, 3.63) is 77.5 Å². The fourth-order valence-electron chi connectivity index (χ4n) is 3.14. The van der Waals surface area contributed by atoms with Crippen molar-refractivity contribution in [2.24, 2.45) is 0 Å². The Kier molecular flexibility index (Phi) is 5.92. The maximum absolute atomic E-state index is 15.0. The van der Waals surface area contributed by atoms with Crippen LogP contribution in [0.2, 0.25) is 0 Å². The first-order valence-corrected chi connectivity index (χ1v) is 11.1. The molecule has 170 valence electrons. The molecule has 0 aliphatic heterocycles. The third-order valence-electron chi connectivity index (χ3n) is 4.62. The molecule has 0 aliphatic rings. The lowest BCUT2D eigenvalue weighted by molar-refractivity contribution is 0.101. The fraction of sp³-hybridized carbons (Fsp3) is 0.0952. The predicted molar refractivity (Wildman–Crippen MR) is 117 cm³/mol. The van der Waals surface area contributed by atoms with Crippen molar-refractivity contribution in [3.8, 4) is 5.88 Å². The van der Waals surface area contributed by atoms with E-state index in [2.05, 4.69) is 25.2 Å². The van der Waals surface area contributed by atoms with Gasteiger partial charge >= 0.3 is 0 Å². The van der Waals surface area contributed by atoms with E-state index in [0.717, 1.165) is 12.1 Å².